The molecule has 5 heteroatoms. The monoisotopic (exact) mass is 775 g/mol. The predicted octanol–water partition coefficient (Wildman–Crippen LogP) is 14.9. The van der Waals surface area contributed by atoms with Gasteiger partial charge in [-0.1, -0.05) is 137 Å². The van der Waals surface area contributed by atoms with E-state index in [0.717, 1.165) is 43.4 Å². The van der Waals surface area contributed by atoms with Gasteiger partial charge in [-0.05, 0) is 112 Å². The van der Waals surface area contributed by atoms with Crippen LogP contribution in [0.3, 0.4) is 0 Å². The molecule has 0 spiro atoms. The molecule has 1 aliphatic rings. The molecule has 1 aromatic carbocycles. The van der Waals surface area contributed by atoms with Crippen LogP contribution in [0.1, 0.15) is 195 Å². The highest BCUT2D eigenvalue weighted by molar-refractivity contribution is 8.14. The molecule has 1 aliphatic carbocycles. The minimum Gasteiger partial charge on any atom is -0.303 e. The number of carbonyl (C=O) groups is 1. The molecule has 0 bridgehead atoms. The van der Waals surface area contributed by atoms with E-state index in [9.17, 15) is 4.79 Å². The topological polar surface area (TPSA) is 29.1 Å². The lowest BCUT2D eigenvalue weighted by Crippen LogP contribution is -2.53. The van der Waals surface area contributed by atoms with Gasteiger partial charge in [0.2, 0.25) is 5.12 Å². The third-order valence-electron chi connectivity index (χ3n) is 13.8. The second-order valence-corrected chi connectivity index (χ2v) is 20.1. The van der Waals surface area contributed by atoms with E-state index in [-0.39, 0.29) is 26.9 Å². The Balaban J connectivity index is 1.60. The molecule has 0 saturated heterocycles. The maximum absolute atomic E-state index is 12.8. The first-order chi connectivity index (χ1) is 25.3. The summed E-state index contributed by atoms with van der Waals surface area (Å²) in [6.07, 6.45) is 19.1. The van der Waals surface area contributed by atoms with Gasteiger partial charge < -0.3 is 5.32 Å². The first-order valence-corrected chi connectivity index (χ1v) is 23.9. The van der Waals surface area contributed by atoms with Crippen molar-refractivity contribution in [1.82, 2.24) is 5.32 Å². The molecule has 2 aromatic heterocycles. The first-order valence-electron chi connectivity index (χ1n) is 21.3. The Morgan fingerprint density at radius 1 is 0.925 bits per heavy atom. The van der Waals surface area contributed by atoms with E-state index in [1.54, 1.807) is 31.8 Å². The molecule has 3 aromatic rings. The van der Waals surface area contributed by atoms with E-state index in [1.165, 1.54) is 68.0 Å². The van der Waals surface area contributed by atoms with E-state index >= 15 is 0 Å². The Hall–Kier alpha value is -1.66. The van der Waals surface area contributed by atoms with Crippen LogP contribution < -0.4 is 5.32 Å². The van der Waals surface area contributed by atoms with E-state index in [2.05, 4.69) is 116 Å². The number of hydrogen-bond donors (Lipinski definition) is 1. The Morgan fingerprint density at radius 3 is 2.23 bits per heavy atom. The Kier molecular flexibility index (Phi) is 16.2. The summed E-state index contributed by atoms with van der Waals surface area (Å²) in [7, 11) is 0. The van der Waals surface area contributed by atoms with Crippen LogP contribution in [-0.2, 0) is 33.0 Å². The molecule has 4 unspecified atom stereocenters. The molecule has 0 amide bonds. The van der Waals surface area contributed by atoms with Crippen LogP contribution in [0.25, 0.3) is 6.08 Å². The van der Waals surface area contributed by atoms with Gasteiger partial charge in [0, 0.05) is 47.5 Å². The summed E-state index contributed by atoms with van der Waals surface area (Å²) >= 11 is 5.72. The van der Waals surface area contributed by atoms with Crippen LogP contribution in [0.4, 0.5) is 0 Å². The van der Waals surface area contributed by atoms with Crippen molar-refractivity contribution in [2.75, 3.05) is 5.75 Å². The van der Waals surface area contributed by atoms with Crippen molar-refractivity contribution in [2.24, 2.45) is 0 Å². The van der Waals surface area contributed by atoms with Crippen molar-refractivity contribution >= 4 is 45.6 Å². The molecule has 53 heavy (non-hydrogen) atoms. The van der Waals surface area contributed by atoms with Gasteiger partial charge in [0.15, 0.2) is 0 Å². The van der Waals surface area contributed by atoms with Crippen LogP contribution in [0.5, 0.6) is 0 Å². The summed E-state index contributed by atoms with van der Waals surface area (Å²) in [4.78, 5) is 19.2. The van der Waals surface area contributed by atoms with Crippen molar-refractivity contribution in [1.29, 1.82) is 0 Å². The predicted molar refractivity (Wildman–Crippen MR) is 239 cm³/mol. The number of aryl methyl sites for hydroxylation is 1. The summed E-state index contributed by atoms with van der Waals surface area (Å²) in [5.41, 5.74) is 4.68. The van der Waals surface area contributed by atoms with Gasteiger partial charge in [-0.25, -0.2) is 0 Å². The molecular weight excluding hydrogens is 703 g/mol. The van der Waals surface area contributed by atoms with Crippen molar-refractivity contribution in [3.63, 3.8) is 0 Å². The normalized spacial score (nSPS) is 19.5. The first kappa shape index (κ1) is 44.1. The molecule has 2 nitrogen and oxygen atoms in total. The van der Waals surface area contributed by atoms with E-state index < -0.39 is 0 Å². The van der Waals surface area contributed by atoms with Crippen LogP contribution in [0, 0.1) is 0 Å². The zero-order chi connectivity index (χ0) is 38.9. The number of hydrogen-bond acceptors (Lipinski definition) is 5. The van der Waals surface area contributed by atoms with Gasteiger partial charge in [-0.15, -0.1) is 22.7 Å². The van der Waals surface area contributed by atoms with Crippen molar-refractivity contribution in [2.45, 2.75) is 193 Å². The molecule has 1 N–H and O–H groups in total. The second kappa shape index (κ2) is 19.5. The van der Waals surface area contributed by atoms with Gasteiger partial charge in [-0.3, -0.25) is 4.79 Å². The van der Waals surface area contributed by atoms with Crippen LogP contribution in [-0.4, -0.2) is 16.9 Å². The highest BCUT2D eigenvalue weighted by atomic mass is 32.2. The molecule has 294 valence electrons. The number of nitrogens with one attached hydrogen (secondary N) is 1. The minimum atomic E-state index is -0.0697. The standard InChI is InChI=1S/C48H73NOS3/c1-12-19-20-24-27-37-32-40(45(9,13-2)14-3)52-43(37)47(11,16-5)35(8)49-48(17-6,18-7)41-33-39-38(34-46(10,15-4)44(39)53-41)30-31-51-42(50)29-28-36-25-22-21-23-26-36/h21-23,25-26,28-29,32-33,35,38,49H,12-20,24,27,30-31,34H2,1-11H3. The zero-order valence-electron chi connectivity index (χ0n) is 35.4. The molecular formula is C48H73NOS3. The summed E-state index contributed by atoms with van der Waals surface area (Å²) in [6, 6.07) is 15.7. The van der Waals surface area contributed by atoms with Crippen LogP contribution >= 0.6 is 34.4 Å². The fourth-order valence-electron chi connectivity index (χ4n) is 8.65. The SMILES string of the molecule is CCCCCCc1cc(C(C)(CC)CC)sc1C(C)(CC)C(C)NC(CC)(CC)c1cc2c(s1)C(C)(CC)CC2CCSC(=O)C=Cc1ccccc1. The third kappa shape index (κ3) is 9.84. The molecule has 2 heterocycles. The lowest BCUT2D eigenvalue weighted by Gasteiger charge is -2.43. The van der Waals surface area contributed by atoms with E-state index in [0.29, 0.717) is 12.0 Å². The van der Waals surface area contributed by atoms with E-state index in [4.69, 9.17) is 0 Å². The van der Waals surface area contributed by atoms with Gasteiger partial charge in [0.05, 0.1) is 5.54 Å². The number of fused-ring (bicyclic) bond motifs is 1. The smallest absolute Gasteiger partial charge is 0.212 e. The zero-order valence-corrected chi connectivity index (χ0v) is 37.8. The molecule has 4 atom stereocenters. The highest BCUT2D eigenvalue weighted by Crippen LogP contribution is 2.55. The molecule has 0 fully saturated rings. The largest absolute Gasteiger partial charge is 0.303 e. The van der Waals surface area contributed by atoms with Crippen molar-refractivity contribution in [3.05, 3.63) is 84.7 Å². The van der Waals surface area contributed by atoms with Gasteiger partial charge in [0.25, 0.3) is 0 Å². The quantitative estimate of drug-likeness (QED) is 0.0814. The average molecular weight is 776 g/mol. The average Bonchev–Trinajstić information content (AvgIpc) is 3.90. The number of unbranched alkanes of at least 4 members (excludes halogenated alkanes) is 3. The highest BCUT2D eigenvalue weighted by Gasteiger charge is 2.45. The summed E-state index contributed by atoms with van der Waals surface area (Å²) in [6.45, 7) is 26.7. The molecule has 0 saturated carbocycles. The van der Waals surface area contributed by atoms with Gasteiger partial charge in [0.1, 0.15) is 0 Å². The number of thioether (sulfide) groups is 1. The minimum absolute atomic E-state index is 0.0418. The van der Waals surface area contributed by atoms with Crippen molar-refractivity contribution < 1.29 is 4.79 Å². The fourth-order valence-corrected chi connectivity index (χ4v) is 13.0. The summed E-state index contributed by atoms with van der Waals surface area (Å²) < 4.78 is 0. The lowest BCUT2D eigenvalue weighted by atomic mass is 9.75. The Morgan fingerprint density at radius 2 is 1.62 bits per heavy atom. The van der Waals surface area contributed by atoms with Crippen molar-refractivity contribution in [3.8, 4) is 0 Å². The molecule has 4 rings (SSSR count). The Labute approximate surface area is 337 Å². The summed E-state index contributed by atoms with van der Waals surface area (Å²) in [5.74, 6) is 1.37. The maximum Gasteiger partial charge on any atom is 0.212 e. The number of rotatable bonds is 22. The maximum atomic E-state index is 12.8. The Bertz CT molecular complexity index is 1610. The van der Waals surface area contributed by atoms with Gasteiger partial charge in [-0.2, -0.15) is 0 Å². The summed E-state index contributed by atoms with van der Waals surface area (Å²) in [5, 5.41) is 4.56. The lowest BCUT2D eigenvalue weighted by molar-refractivity contribution is -0.107. The number of thiophene rings is 2. The number of carbonyl (C=O) groups excluding carboxylic acids is 1. The van der Waals surface area contributed by atoms with Crippen LogP contribution in [0.2, 0.25) is 0 Å². The number of benzene rings is 1. The van der Waals surface area contributed by atoms with E-state index in [1.807, 2.05) is 36.4 Å². The third-order valence-corrected chi connectivity index (χ3v) is 18.1. The molecule has 0 aliphatic heterocycles. The van der Waals surface area contributed by atoms with Crippen LogP contribution in [0.15, 0.2) is 48.5 Å². The fraction of sp³-hybridized carbons (Fsp3) is 0.646. The molecule has 0 radical (unpaired) electrons. The second-order valence-electron chi connectivity index (χ2n) is 16.9. The van der Waals surface area contributed by atoms with Gasteiger partial charge >= 0.3 is 0 Å².